The molecule has 5 aromatic rings. The van der Waals surface area contributed by atoms with Crippen molar-refractivity contribution >= 4 is 62.0 Å². The lowest BCUT2D eigenvalue weighted by atomic mass is 9.85. The highest BCUT2D eigenvalue weighted by molar-refractivity contribution is 14.1. The summed E-state index contributed by atoms with van der Waals surface area (Å²) in [6.07, 6.45) is 12.6. The molecular formula is C60H76BrIN2. The topological polar surface area (TPSA) is 6.48 Å². The zero-order valence-electron chi connectivity index (χ0n) is 41.5. The van der Waals surface area contributed by atoms with Crippen molar-refractivity contribution in [2.75, 3.05) is 20.9 Å². The summed E-state index contributed by atoms with van der Waals surface area (Å²) in [6, 6.07) is 35.7. The van der Waals surface area contributed by atoms with E-state index in [1.165, 1.54) is 99.0 Å². The quantitative estimate of drug-likeness (QED) is 0.113. The van der Waals surface area contributed by atoms with Crippen LogP contribution in [0.25, 0.3) is 23.3 Å². The minimum atomic E-state index is 0.218. The van der Waals surface area contributed by atoms with Gasteiger partial charge in [-0.25, -0.2) is 0 Å². The molecule has 0 saturated heterocycles. The fraction of sp³-hybridized carbons (Fsp3) is 0.400. The van der Waals surface area contributed by atoms with E-state index < -0.39 is 0 Å². The second-order valence-corrected chi connectivity index (χ2v) is 22.0. The van der Waals surface area contributed by atoms with Gasteiger partial charge in [0.05, 0.1) is 6.67 Å². The number of rotatable bonds is 8. The van der Waals surface area contributed by atoms with E-state index in [9.17, 15) is 0 Å². The lowest BCUT2D eigenvalue weighted by Crippen LogP contribution is -2.28. The molecule has 0 fully saturated rings. The Labute approximate surface area is 411 Å². The Morgan fingerprint density at radius 3 is 1.34 bits per heavy atom. The van der Waals surface area contributed by atoms with Crippen LogP contribution < -0.4 is 9.80 Å². The Hall–Kier alpha value is -3.87. The predicted octanol–water partition coefficient (Wildman–Crippen LogP) is 18.8. The van der Waals surface area contributed by atoms with Crippen molar-refractivity contribution in [2.45, 2.75) is 145 Å². The molecular weight excluding hydrogens is 955 g/mol. The molecule has 8 rings (SSSR count). The number of para-hydroxylation sites is 2. The third-order valence-corrected chi connectivity index (χ3v) is 14.1. The summed E-state index contributed by atoms with van der Waals surface area (Å²) in [4.78, 5) is 4.90. The molecule has 0 atom stereocenters. The maximum atomic E-state index is 3.54. The minimum absolute atomic E-state index is 0.218. The molecule has 5 aromatic carbocycles. The number of hydrogen-bond acceptors (Lipinski definition) is 2. The highest BCUT2D eigenvalue weighted by atomic mass is 127. The second-order valence-electron chi connectivity index (χ2n) is 20.1. The summed E-state index contributed by atoms with van der Waals surface area (Å²) in [6.45, 7) is 32.6. The van der Waals surface area contributed by atoms with Crippen molar-refractivity contribution in [2.24, 2.45) is 0 Å². The third kappa shape index (κ3) is 12.7. The molecule has 0 unspecified atom stereocenters. The molecule has 0 spiro atoms. The van der Waals surface area contributed by atoms with Gasteiger partial charge in [-0.3, -0.25) is 0 Å². The fourth-order valence-electron chi connectivity index (χ4n) is 8.84. The zero-order chi connectivity index (χ0) is 46.9. The highest BCUT2D eigenvalue weighted by Crippen LogP contribution is 2.41. The first-order chi connectivity index (χ1) is 30.4. The second kappa shape index (κ2) is 23.0. The molecule has 340 valence electrons. The molecule has 1 aliphatic heterocycles. The zero-order valence-corrected chi connectivity index (χ0v) is 45.3. The lowest BCUT2D eigenvalue weighted by molar-refractivity contribution is 0.590. The Bertz CT molecular complexity index is 2300. The maximum Gasteiger partial charge on any atom is 0.0989 e. The largest absolute Gasteiger partial charge is 0.327 e. The van der Waals surface area contributed by atoms with Crippen LogP contribution in [-0.4, -0.2) is 11.1 Å². The van der Waals surface area contributed by atoms with Gasteiger partial charge < -0.3 is 9.80 Å². The average molecular weight is 1030 g/mol. The Morgan fingerprint density at radius 1 is 0.562 bits per heavy atom. The van der Waals surface area contributed by atoms with Gasteiger partial charge in [0.1, 0.15) is 0 Å². The van der Waals surface area contributed by atoms with Gasteiger partial charge in [0, 0.05) is 28.2 Å². The van der Waals surface area contributed by atoms with Crippen LogP contribution in [-0.2, 0) is 18.3 Å². The molecule has 0 saturated carbocycles. The molecule has 4 heteroatoms. The molecule has 64 heavy (non-hydrogen) atoms. The normalized spacial score (nSPS) is 13.9. The van der Waals surface area contributed by atoms with E-state index in [0.29, 0.717) is 23.7 Å². The van der Waals surface area contributed by atoms with Crippen LogP contribution in [0.15, 0.2) is 125 Å². The van der Waals surface area contributed by atoms with Gasteiger partial charge in [-0.1, -0.05) is 236 Å². The number of hydrogen-bond donors (Lipinski definition) is 0. The molecule has 1 heterocycles. The molecule has 0 aromatic heterocycles. The first-order valence-corrected chi connectivity index (χ1v) is 26.1. The Morgan fingerprint density at radius 2 is 0.953 bits per heavy atom. The number of anilines is 2. The maximum absolute atomic E-state index is 3.54. The van der Waals surface area contributed by atoms with Gasteiger partial charge in [-0.2, -0.15) is 0 Å². The van der Waals surface area contributed by atoms with Gasteiger partial charge in [-0.15, -0.1) is 0 Å². The molecule has 2 nitrogen and oxygen atoms in total. The van der Waals surface area contributed by atoms with Crippen molar-refractivity contribution in [3.63, 3.8) is 0 Å². The number of alkyl halides is 1. The molecule has 0 amide bonds. The van der Waals surface area contributed by atoms with Gasteiger partial charge in [-0.05, 0) is 134 Å². The van der Waals surface area contributed by atoms with E-state index in [2.05, 4.69) is 267 Å². The number of nitrogens with zero attached hydrogens (tertiary/aromatic N) is 2. The first-order valence-electron chi connectivity index (χ1n) is 23.7. The molecule has 2 aliphatic carbocycles. The van der Waals surface area contributed by atoms with Crippen molar-refractivity contribution in [1.82, 2.24) is 0 Å². The van der Waals surface area contributed by atoms with E-state index in [1.54, 1.807) is 0 Å². The SMILES string of the molecule is CC(C)c1cccc(C(C)C)c1N1C=CN(c2c(C(C)C)cccc2C(C)C)C1.CC1=Cc2cccc(-c3ccc(C(C)(C)C)cc3)c2C1.CC1=Cc2cccc(Br)c2C1.CCCI. The monoisotopic (exact) mass is 1030 g/mol. The van der Waals surface area contributed by atoms with E-state index in [4.69, 9.17) is 0 Å². The molecule has 0 radical (unpaired) electrons. The molecule has 3 aliphatic rings. The van der Waals surface area contributed by atoms with E-state index in [-0.39, 0.29) is 5.41 Å². The summed E-state index contributed by atoms with van der Waals surface area (Å²) >= 11 is 5.89. The van der Waals surface area contributed by atoms with E-state index in [1.807, 2.05) is 0 Å². The van der Waals surface area contributed by atoms with Crippen LogP contribution in [0.2, 0.25) is 0 Å². The Balaban J connectivity index is 0.000000188. The van der Waals surface area contributed by atoms with E-state index >= 15 is 0 Å². The third-order valence-electron chi connectivity index (χ3n) is 12.3. The van der Waals surface area contributed by atoms with Crippen LogP contribution >= 0.6 is 38.5 Å². The summed E-state index contributed by atoms with van der Waals surface area (Å²) in [5.74, 6) is 2.00. The van der Waals surface area contributed by atoms with Crippen LogP contribution in [0, 0.1) is 0 Å². The van der Waals surface area contributed by atoms with Crippen LogP contribution in [0.1, 0.15) is 177 Å². The van der Waals surface area contributed by atoms with Gasteiger partial charge in [0.2, 0.25) is 0 Å². The minimum Gasteiger partial charge on any atom is -0.327 e. The van der Waals surface area contributed by atoms with Crippen molar-refractivity contribution in [3.8, 4) is 11.1 Å². The van der Waals surface area contributed by atoms with Gasteiger partial charge >= 0.3 is 0 Å². The molecule has 0 bridgehead atoms. The van der Waals surface area contributed by atoms with Crippen LogP contribution in [0.4, 0.5) is 11.4 Å². The highest BCUT2D eigenvalue weighted by Gasteiger charge is 2.26. The summed E-state index contributed by atoms with van der Waals surface area (Å²) in [5, 5.41) is 0. The fourth-order valence-corrected chi connectivity index (χ4v) is 9.36. The van der Waals surface area contributed by atoms with Gasteiger partial charge in [0.25, 0.3) is 0 Å². The van der Waals surface area contributed by atoms with Crippen LogP contribution in [0.5, 0.6) is 0 Å². The lowest BCUT2D eigenvalue weighted by Gasteiger charge is -2.31. The van der Waals surface area contributed by atoms with E-state index in [0.717, 1.165) is 19.5 Å². The average Bonchev–Trinajstić information content (AvgIpc) is 4.01. The van der Waals surface area contributed by atoms with Crippen molar-refractivity contribution < 1.29 is 0 Å². The number of fused-ring (bicyclic) bond motifs is 2. The first kappa shape index (κ1) is 51.1. The summed E-state index contributed by atoms with van der Waals surface area (Å²) < 4.78 is 2.53. The van der Waals surface area contributed by atoms with Crippen LogP contribution in [0.3, 0.4) is 0 Å². The van der Waals surface area contributed by atoms with Crippen molar-refractivity contribution in [1.29, 1.82) is 0 Å². The summed E-state index contributed by atoms with van der Waals surface area (Å²) in [5.41, 5.74) is 21.4. The van der Waals surface area contributed by atoms with Gasteiger partial charge in [0.15, 0.2) is 0 Å². The Kier molecular flexibility index (Phi) is 18.4. The number of benzene rings is 5. The smallest absolute Gasteiger partial charge is 0.0989 e. The van der Waals surface area contributed by atoms with Crippen molar-refractivity contribution in [3.05, 3.63) is 175 Å². The molecule has 0 N–H and O–H groups in total. The summed E-state index contributed by atoms with van der Waals surface area (Å²) in [7, 11) is 0. The number of halogens is 2. The standard InChI is InChI=1S/C27H38N2.C20H22.C10H9Br.C3H7I/c1-18(2)22-11-9-12-23(19(3)4)26(22)28-15-16-29(17-28)27-24(20(5)6)13-10-14-25(27)21(7)8;1-14-12-16-6-5-7-18(19(16)13-14)15-8-10-17(11-9-15)20(2,3)4;1-7-5-8-3-2-4-10(11)9(8)6-7;1-2-3-4/h9-16,18-21H,17H2,1-8H3;5-12H,13H2,1-4H3;2-5H,6H2,1H3;2-3H2,1H3. The number of allylic oxidation sites excluding steroid dienone is 2. The predicted molar refractivity (Wildman–Crippen MR) is 297 cm³/mol.